The number of thioether (sulfide) groups is 1. The summed E-state index contributed by atoms with van der Waals surface area (Å²) in [7, 11) is 0. The first-order chi connectivity index (χ1) is 12.2. The number of carbonyl (C=O) groups excluding carboxylic acids is 1. The summed E-state index contributed by atoms with van der Waals surface area (Å²) in [5.74, 6) is -0.302. The summed E-state index contributed by atoms with van der Waals surface area (Å²) < 4.78 is 10.7. The third-order valence-corrected chi connectivity index (χ3v) is 5.02. The molecule has 0 amide bonds. The first kappa shape index (κ1) is 17.6. The average Bonchev–Trinajstić information content (AvgIpc) is 3.01. The molecule has 0 spiro atoms. The summed E-state index contributed by atoms with van der Waals surface area (Å²) in [6, 6.07) is 9.82. The van der Waals surface area contributed by atoms with Crippen LogP contribution in [0.25, 0.3) is 0 Å². The first-order valence-electron chi connectivity index (χ1n) is 8.42. The smallest absolute Gasteiger partial charge is 0.338 e. The lowest BCUT2D eigenvalue weighted by Gasteiger charge is -2.34. The number of fused-ring (bicyclic) bond motifs is 1. The van der Waals surface area contributed by atoms with Crippen molar-refractivity contribution in [2.75, 3.05) is 19.8 Å². The minimum absolute atomic E-state index is 0.201. The number of aliphatic imine (C=N–C) groups is 1. The van der Waals surface area contributed by atoms with Crippen LogP contribution in [0.4, 0.5) is 0 Å². The Hall–Kier alpha value is -2.21. The second-order valence-electron chi connectivity index (χ2n) is 5.70. The van der Waals surface area contributed by atoms with Gasteiger partial charge in [-0.1, -0.05) is 42.1 Å². The van der Waals surface area contributed by atoms with E-state index < -0.39 is 0 Å². The van der Waals surface area contributed by atoms with Crippen LogP contribution < -0.4 is 0 Å². The number of hydrogen-bond acceptors (Lipinski definition) is 6. The van der Waals surface area contributed by atoms with Gasteiger partial charge in [0.1, 0.15) is 0 Å². The van der Waals surface area contributed by atoms with E-state index in [1.165, 1.54) is 0 Å². The molecule has 0 saturated carbocycles. The van der Waals surface area contributed by atoms with Crippen LogP contribution in [-0.2, 0) is 14.3 Å². The molecule has 0 aliphatic carbocycles. The zero-order valence-electron chi connectivity index (χ0n) is 14.7. The lowest BCUT2D eigenvalue weighted by molar-refractivity contribution is -0.139. The highest BCUT2D eigenvalue weighted by atomic mass is 32.2. The molecule has 0 N–H and O–H groups in total. The van der Waals surface area contributed by atoms with Gasteiger partial charge in [-0.05, 0) is 26.3 Å². The van der Waals surface area contributed by atoms with Crippen LogP contribution >= 0.6 is 11.8 Å². The van der Waals surface area contributed by atoms with E-state index in [-0.39, 0.29) is 12.0 Å². The number of rotatable bonds is 5. The summed E-state index contributed by atoms with van der Waals surface area (Å²) in [5.41, 5.74) is 2.37. The van der Waals surface area contributed by atoms with Crippen LogP contribution in [0.3, 0.4) is 0 Å². The van der Waals surface area contributed by atoms with Gasteiger partial charge in [-0.2, -0.15) is 0 Å². The van der Waals surface area contributed by atoms with Gasteiger partial charge in [0.2, 0.25) is 0 Å². The molecule has 2 aliphatic rings. The Morgan fingerprint density at radius 2 is 2.08 bits per heavy atom. The molecule has 25 heavy (non-hydrogen) atoms. The summed E-state index contributed by atoms with van der Waals surface area (Å²) in [5, 5.41) is 0.894. The molecule has 0 aromatic heterocycles. The maximum absolute atomic E-state index is 12.6. The Morgan fingerprint density at radius 1 is 1.32 bits per heavy atom. The SMILES string of the molecule is CCOC=C1CN2C(=NC(C)=C(C(=O)OCC)C2c2ccccc2)S1. The number of hydrogen-bond donors (Lipinski definition) is 0. The molecule has 0 bridgehead atoms. The van der Waals surface area contributed by atoms with Gasteiger partial charge in [0.25, 0.3) is 0 Å². The Labute approximate surface area is 152 Å². The predicted octanol–water partition coefficient (Wildman–Crippen LogP) is 3.86. The minimum atomic E-state index is -0.302. The average molecular weight is 358 g/mol. The lowest BCUT2D eigenvalue weighted by Crippen LogP contribution is -2.36. The summed E-state index contributed by atoms with van der Waals surface area (Å²) in [4.78, 5) is 20.5. The van der Waals surface area contributed by atoms with Gasteiger partial charge in [0, 0.05) is 4.91 Å². The molecule has 0 radical (unpaired) electrons. The van der Waals surface area contributed by atoms with E-state index in [9.17, 15) is 4.79 Å². The molecule has 1 atom stereocenters. The molecule has 132 valence electrons. The van der Waals surface area contributed by atoms with Gasteiger partial charge in [-0.3, -0.25) is 0 Å². The van der Waals surface area contributed by atoms with Gasteiger partial charge in [-0.15, -0.1) is 0 Å². The predicted molar refractivity (Wildman–Crippen MR) is 100.0 cm³/mol. The Balaban J connectivity index is 2.02. The maximum Gasteiger partial charge on any atom is 0.338 e. The van der Waals surface area contributed by atoms with Crippen molar-refractivity contribution in [2.24, 2.45) is 4.99 Å². The molecule has 2 aliphatic heterocycles. The minimum Gasteiger partial charge on any atom is -0.501 e. The number of carbonyl (C=O) groups is 1. The molecule has 1 saturated heterocycles. The van der Waals surface area contributed by atoms with Crippen molar-refractivity contribution in [1.29, 1.82) is 0 Å². The zero-order valence-corrected chi connectivity index (χ0v) is 15.5. The Morgan fingerprint density at radius 3 is 2.76 bits per heavy atom. The summed E-state index contributed by atoms with van der Waals surface area (Å²) >= 11 is 1.59. The molecule has 3 rings (SSSR count). The van der Waals surface area contributed by atoms with Gasteiger partial charge in [0.05, 0.1) is 43.3 Å². The molecule has 1 aromatic rings. The van der Waals surface area contributed by atoms with Crippen LogP contribution in [0.2, 0.25) is 0 Å². The van der Waals surface area contributed by atoms with E-state index >= 15 is 0 Å². The number of allylic oxidation sites excluding steroid dienone is 1. The fourth-order valence-electron chi connectivity index (χ4n) is 2.98. The number of benzene rings is 1. The van der Waals surface area contributed by atoms with E-state index in [1.54, 1.807) is 18.0 Å². The van der Waals surface area contributed by atoms with E-state index in [1.807, 2.05) is 51.1 Å². The second kappa shape index (κ2) is 7.78. The van der Waals surface area contributed by atoms with E-state index in [0.29, 0.717) is 31.0 Å². The molecule has 2 heterocycles. The van der Waals surface area contributed by atoms with Crippen LogP contribution in [0.15, 0.2) is 57.8 Å². The van der Waals surface area contributed by atoms with Gasteiger partial charge >= 0.3 is 5.97 Å². The third kappa shape index (κ3) is 3.58. The second-order valence-corrected chi connectivity index (χ2v) is 6.79. The molecule has 5 nitrogen and oxygen atoms in total. The van der Waals surface area contributed by atoms with Crippen molar-refractivity contribution in [3.63, 3.8) is 0 Å². The highest BCUT2D eigenvalue weighted by Gasteiger charge is 2.40. The fourth-order valence-corrected chi connectivity index (χ4v) is 4.00. The largest absolute Gasteiger partial charge is 0.501 e. The molecular formula is C19H22N2O3S. The zero-order chi connectivity index (χ0) is 17.8. The normalized spacial score (nSPS) is 21.2. The quantitative estimate of drug-likeness (QED) is 0.591. The van der Waals surface area contributed by atoms with Crippen molar-refractivity contribution < 1.29 is 14.3 Å². The first-order valence-corrected chi connectivity index (χ1v) is 9.24. The number of esters is 1. The highest BCUT2D eigenvalue weighted by Crippen LogP contribution is 2.43. The van der Waals surface area contributed by atoms with Crippen molar-refractivity contribution in [3.05, 3.63) is 58.3 Å². The van der Waals surface area contributed by atoms with Crippen LogP contribution in [-0.4, -0.2) is 35.8 Å². The number of amidine groups is 1. The molecular weight excluding hydrogens is 336 g/mol. The van der Waals surface area contributed by atoms with Crippen LogP contribution in [0.1, 0.15) is 32.4 Å². The number of ether oxygens (including phenoxy) is 2. The maximum atomic E-state index is 12.6. The number of nitrogens with zero attached hydrogens (tertiary/aromatic N) is 2. The Bertz CT molecular complexity index is 740. The van der Waals surface area contributed by atoms with Gasteiger partial charge < -0.3 is 14.4 Å². The van der Waals surface area contributed by atoms with Crippen molar-refractivity contribution >= 4 is 22.9 Å². The van der Waals surface area contributed by atoms with Crippen LogP contribution in [0.5, 0.6) is 0 Å². The van der Waals surface area contributed by atoms with Gasteiger partial charge in [-0.25, -0.2) is 9.79 Å². The van der Waals surface area contributed by atoms with E-state index in [4.69, 9.17) is 9.47 Å². The highest BCUT2D eigenvalue weighted by molar-refractivity contribution is 8.17. The van der Waals surface area contributed by atoms with Crippen molar-refractivity contribution in [2.45, 2.75) is 26.8 Å². The molecule has 1 unspecified atom stereocenters. The lowest BCUT2D eigenvalue weighted by atomic mass is 9.94. The third-order valence-electron chi connectivity index (χ3n) is 4.02. The monoisotopic (exact) mass is 358 g/mol. The van der Waals surface area contributed by atoms with Crippen molar-refractivity contribution in [3.8, 4) is 0 Å². The van der Waals surface area contributed by atoms with E-state index in [2.05, 4.69) is 9.89 Å². The van der Waals surface area contributed by atoms with Gasteiger partial charge in [0.15, 0.2) is 5.17 Å². The molecule has 1 aromatic carbocycles. The summed E-state index contributed by atoms with van der Waals surface area (Å²) in [6.45, 7) is 7.29. The van der Waals surface area contributed by atoms with E-state index in [0.717, 1.165) is 15.6 Å². The topological polar surface area (TPSA) is 51.1 Å². The van der Waals surface area contributed by atoms with Crippen molar-refractivity contribution in [1.82, 2.24) is 4.90 Å². The summed E-state index contributed by atoms with van der Waals surface area (Å²) in [6.07, 6.45) is 1.78. The fraction of sp³-hybridized carbons (Fsp3) is 0.368. The Kier molecular flexibility index (Phi) is 5.48. The van der Waals surface area contributed by atoms with Crippen LogP contribution in [0, 0.1) is 0 Å². The molecule has 6 heteroatoms. The molecule has 1 fully saturated rings. The standard InChI is InChI=1S/C19H22N2O3S/c1-4-23-12-15-11-21-17(14-9-7-6-8-10-14)16(18(22)24-5-2)13(3)20-19(21)25-15/h6-10,12,17H,4-5,11H2,1-3H3.